The van der Waals surface area contributed by atoms with Crippen LogP contribution in [0.3, 0.4) is 0 Å². The molecular weight excluding hydrogens is 446 g/mol. The zero-order chi connectivity index (χ0) is 20.3. The van der Waals surface area contributed by atoms with Gasteiger partial charge in [-0.15, -0.1) is 0 Å². The molecule has 0 aliphatic carbocycles. The Morgan fingerprint density at radius 3 is 2.57 bits per heavy atom. The molecule has 0 unspecified atom stereocenters. The number of hydrogen-bond acceptors (Lipinski definition) is 6. The van der Waals surface area contributed by atoms with Gasteiger partial charge in [-0.1, -0.05) is 6.07 Å². The zero-order valence-electron chi connectivity index (χ0n) is 15.1. The maximum atomic E-state index is 12.2. The van der Waals surface area contributed by atoms with Crippen LogP contribution in [-0.4, -0.2) is 35.0 Å². The van der Waals surface area contributed by atoms with Gasteiger partial charge in [-0.25, -0.2) is 0 Å². The normalized spacial score (nSPS) is 16.8. The summed E-state index contributed by atoms with van der Waals surface area (Å²) >= 11 is 4.82. The number of benzene rings is 2. The molecule has 1 heterocycles. The molecular formula is C19H16BrN3O4S. The summed E-state index contributed by atoms with van der Waals surface area (Å²) in [5, 5.41) is 11.4. The molecule has 2 aromatic carbocycles. The fourth-order valence-corrected chi connectivity index (χ4v) is 3.94. The number of hydrogen-bond donors (Lipinski definition) is 0. The van der Waals surface area contributed by atoms with Crippen LogP contribution in [0, 0.1) is 10.1 Å². The number of carbonyl (C=O) groups excluding carboxylic acids is 1. The van der Waals surface area contributed by atoms with E-state index in [1.54, 1.807) is 26.2 Å². The average molecular weight is 462 g/mol. The Morgan fingerprint density at radius 2 is 2.00 bits per heavy atom. The van der Waals surface area contributed by atoms with E-state index in [4.69, 9.17) is 4.74 Å². The third-order valence-corrected chi connectivity index (χ3v) is 5.76. The number of amides is 1. The number of rotatable bonds is 5. The number of carbonyl (C=O) groups is 1. The van der Waals surface area contributed by atoms with Crippen LogP contribution in [0.1, 0.15) is 11.1 Å². The molecule has 0 aromatic heterocycles. The van der Waals surface area contributed by atoms with Gasteiger partial charge in [0.2, 0.25) is 0 Å². The van der Waals surface area contributed by atoms with Crippen LogP contribution in [0.15, 0.2) is 56.8 Å². The van der Waals surface area contributed by atoms with Gasteiger partial charge in [0.15, 0.2) is 5.17 Å². The van der Waals surface area contributed by atoms with Crippen LogP contribution in [-0.2, 0) is 11.4 Å². The fourth-order valence-electron chi connectivity index (χ4n) is 2.50. The Kier molecular flexibility index (Phi) is 6.15. The third-order valence-electron chi connectivity index (χ3n) is 3.99. The number of likely N-dealkylation sites (N-methyl/N-ethyl adjacent to an activating group) is 1. The summed E-state index contributed by atoms with van der Waals surface area (Å²) in [5.74, 6) is 0.555. The Morgan fingerprint density at radius 1 is 1.29 bits per heavy atom. The van der Waals surface area contributed by atoms with Gasteiger partial charge in [0.05, 0.1) is 14.3 Å². The predicted molar refractivity (Wildman–Crippen MR) is 113 cm³/mol. The van der Waals surface area contributed by atoms with E-state index in [-0.39, 0.29) is 18.2 Å². The van der Waals surface area contributed by atoms with Crippen molar-refractivity contribution in [3.8, 4) is 5.75 Å². The molecule has 3 rings (SSSR count). The van der Waals surface area contributed by atoms with Gasteiger partial charge in [0.1, 0.15) is 12.4 Å². The summed E-state index contributed by atoms with van der Waals surface area (Å²) < 4.78 is 6.53. The summed E-state index contributed by atoms with van der Waals surface area (Å²) in [4.78, 5) is 28.7. The molecule has 0 radical (unpaired) electrons. The highest BCUT2D eigenvalue weighted by Crippen LogP contribution is 2.33. The first-order valence-corrected chi connectivity index (χ1v) is 9.80. The molecule has 0 atom stereocenters. The second kappa shape index (κ2) is 8.57. The quantitative estimate of drug-likeness (QED) is 0.372. The molecule has 0 saturated carbocycles. The van der Waals surface area contributed by atoms with Crippen LogP contribution in [0.25, 0.3) is 6.08 Å². The van der Waals surface area contributed by atoms with E-state index in [2.05, 4.69) is 20.9 Å². The second-order valence-electron chi connectivity index (χ2n) is 5.88. The predicted octanol–water partition coefficient (Wildman–Crippen LogP) is 4.47. The topological polar surface area (TPSA) is 85.0 Å². The monoisotopic (exact) mass is 461 g/mol. The standard InChI is InChI=1S/C19H16BrN3O4S/c1-21-19-22(2)18(24)17(28-19)10-13-5-8-16(15(20)9-13)27-11-12-3-6-14(7-4-12)23(25)26/h3-10H,11H2,1-2H3/b17-10+,21-19?. The highest BCUT2D eigenvalue weighted by molar-refractivity contribution is 9.10. The maximum absolute atomic E-state index is 12.2. The highest BCUT2D eigenvalue weighted by Gasteiger charge is 2.29. The van der Waals surface area contributed by atoms with Gasteiger partial charge in [0, 0.05) is 26.2 Å². The molecule has 1 aliphatic rings. The maximum Gasteiger partial charge on any atom is 0.269 e. The minimum Gasteiger partial charge on any atom is -0.488 e. The lowest BCUT2D eigenvalue weighted by molar-refractivity contribution is -0.384. The molecule has 0 spiro atoms. The molecule has 9 heteroatoms. The molecule has 1 amide bonds. The van der Waals surface area contributed by atoms with Crippen LogP contribution in [0.2, 0.25) is 0 Å². The first-order chi connectivity index (χ1) is 13.4. The number of ether oxygens (including phenoxy) is 1. The first kappa shape index (κ1) is 20.1. The Hall–Kier alpha value is -2.65. The Labute approximate surface area is 174 Å². The van der Waals surface area contributed by atoms with Crippen LogP contribution >= 0.6 is 27.7 Å². The molecule has 0 bridgehead atoms. The second-order valence-corrected chi connectivity index (χ2v) is 7.75. The van der Waals surface area contributed by atoms with E-state index in [9.17, 15) is 14.9 Å². The zero-order valence-corrected chi connectivity index (χ0v) is 17.5. The summed E-state index contributed by atoms with van der Waals surface area (Å²) in [6, 6.07) is 11.8. The summed E-state index contributed by atoms with van der Waals surface area (Å²) in [7, 11) is 3.35. The number of nitro groups is 1. The number of nitro benzene ring substituents is 1. The van der Waals surface area contributed by atoms with Gasteiger partial charge in [-0.2, -0.15) is 0 Å². The van der Waals surface area contributed by atoms with E-state index in [1.807, 2.05) is 24.3 Å². The van der Waals surface area contributed by atoms with E-state index in [1.165, 1.54) is 28.8 Å². The van der Waals surface area contributed by atoms with Gasteiger partial charge in [0.25, 0.3) is 11.6 Å². The lowest BCUT2D eigenvalue weighted by Crippen LogP contribution is -2.23. The average Bonchev–Trinajstić information content (AvgIpc) is 2.95. The van der Waals surface area contributed by atoms with E-state index >= 15 is 0 Å². The minimum atomic E-state index is -0.436. The van der Waals surface area contributed by atoms with Crippen molar-refractivity contribution in [2.45, 2.75) is 6.61 Å². The van der Waals surface area contributed by atoms with Crippen molar-refractivity contribution >= 4 is 50.5 Å². The van der Waals surface area contributed by atoms with Crippen molar-refractivity contribution in [2.24, 2.45) is 4.99 Å². The molecule has 2 aromatic rings. The molecule has 1 aliphatic heterocycles. The summed E-state index contributed by atoms with van der Waals surface area (Å²) in [6.07, 6.45) is 1.81. The molecule has 7 nitrogen and oxygen atoms in total. The molecule has 1 fully saturated rings. The van der Waals surface area contributed by atoms with Crippen LogP contribution in [0.4, 0.5) is 5.69 Å². The van der Waals surface area contributed by atoms with E-state index in [0.29, 0.717) is 15.8 Å². The number of nitrogens with zero attached hydrogens (tertiary/aromatic N) is 3. The number of amidine groups is 1. The van der Waals surface area contributed by atoms with Crippen molar-refractivity contribution in [1.82, 2.24) is 4.90 Å². The lowest BCUT2D eigenvalue weighted by atomic mass is 10.2. The highest BCUT2D eigenvalue weighted by atomic mass is 79.9. The molecule has 1 saturated heterocycles. The number of aliphatic imine (C=N–C) groups is 1. The van der Waals surface area contributed by atoms with Crippen molar-refractivity contribution < 1.29 is 14.5 Å². The summed E-state index contributed by atoms with van der Waals surface area (Å²) in [5.41, 5.74) is 1.73. The van der Waals surface area contributed by atoms with Crippen molar-refractivity contribution in [1.29, 1.82) is 0 Å². The Bertz CT molecular complexity index is 989. The van der Waals surface area contributed by atoms with Crippen LogP contribution < -0.4 is 4.74 Å². The fraction of sp³-hybridized carbons (Fsp3) is 0.158. The van der Waals surface area contributed by atoms with E-state index in [0.717, 1.165) is 15.6 Å². The number of thioether (sulfide) groups is 1. The number of halogens is 1. The van der Waals surface area contributed by atoms with Crippen molar-refractivity contribution in [3.63, 3.8) is 0 Å². The van der Waals surface area contributed by atoms with Crippen molar-refractivity contribution in [3.05, 3.63) is 73.1 Å². The molecule has 0 N–H and O–H groups in total. The molecule has 28 heavy (non-hydrogen) atoms. The first-order valence-electron chi connectivity index (χ1n) is 8.19. The lowest BCUT2D eigenvalue weighted by Gasteiger charge is -2.09. The SMILES string of the molecule is CN=C1S/C(=C/c2ccc(OCc3ccc([N+](=O)[O-])cc3)c(Br)c2)C(=O)N1C. The van der Waals surface area contributed by atoms with Gasteiger partial charge in [-0.3, -0.25) is 24.8 Å². The third kappa shape index (κ3) is 4.42. The summed E-state index contributed by atoms with van der Waals surface area (Å²) in [6.45, 7) is 0.284. The largest absolute Gasteiger partial charge is 0.488 e. The number of non-ortho nitro benzene ring substituents is 1. The van der Waals surface area contributed by atoms with Crippen molar-refractivity contribution in [2.75, 3.05) is 14.1 Å². The van der Waals surface area contributed by atoms with Gasteiger partial charge < -0.3 is 4.74 Å². The minimum absolute atomic E-state index is 0.0450. The molecule has 144 valence electrons. The van der Waals surface area contributed by atoms with Crippen LogP contribution in [0.5, 0.6) is 5.75 Å². The van der Waals surface area contributed by atoms with E-state index < -0.39 is 4.92 Å². The smallest absolute Gasteiger partial charge is 0.269 e. The Balaban J connectivity index is 1.70. The van der Waals surface area contributed by atoms with Gasteiger partial charge in [-0.05, 0) is 69.2 Å². The van der Waals surface area contributed by atoms with Gasteiger partial charge >= 0.3 is 0 Å².